The second-order valence-electron chi connectivity index (χ2n) is 6.59. The fourth-order valence-corrected chi connectivity index (χ4v) is 4.59. The number of carbonyl (C=O) groups excluding carboxylic acids is 1. The molecule has 0 saturated carbocycles. The molecule has 1 saturated heterocycles. The molecule has 0 unspecified atom stereocenters. The van der Waals surface area contributed by atoms with Gasteiger partial charge < -0.3 is 4.90 Å². The summed E-state index contributed by atoms with van der Waals surface area (Å²) >= 11 is 3.22. The predicted octanol–water partition coefficient (Wildman–Crippen LogP) is 3.10. The lowest BCUT2D eigenvalue weighted by Gasteiger charge is -2.32. The third kappa shape index (κ3) is 4.92. The van der Waals surface area contributed by atoms with Crippen LogP contribution >= 0.6 is 15.9 Å². The van der Waals surface area contributed by atoms with Crippen LogP contribution in [0.3, 0.4) is 0 Å². The Morgan fingerprint density at radius 2 is 1.81 bits per heavy atom. The molecular formula is C19H21BrN2O3S. The van der Waals surface area contributed by atoms with E-state index in [9.17, 15) is 13.2 Å². The number of amides is 1. The summed E-state index contributed by atoms with van der Waals surface area (Å²) in [6.07, 6.45) is 4.23. The third-order valence-corrected chi connectivity index (χ3v) is 6.64. The van der Waals surface area contributed by atoms with Crippen molar-refractivity contribution >= 4 is 31.7 Å². The second-order valence-corrected chi connectivity index (χ2v) is 9.44. The largest absolute Gasteiger partial charge is 0.342 e. The van der Waals surface area contributed by atoms with Crippen molar-refractivity contribution in [2.75, 3.05) is 18.8 Å². The van der Waals surface area contributed by atoms with E-state index in [0.29, 0.717) is 23.5 Å². The number of hydrogen-bond donors (Lipinski definition) is 0. The maximum Gasteiger partial charge on any atom is 0.238 e. The van der Waals surface area contributed by atoms with Crippen molar-refractivity contribution < 1.29 is 13.2 Å². The molecule has 1 fully saturated rings. The normalized spacial score (nSPS) is 15.8. The molecule has 1 aromatic heterocycles. The van der Waals surface area contributed by atoms with Crippen LogP contribution in [0.1, 0.15) is 18.4 Å². The van der Waals surface area contributed by atoms with E-state index in [1.165, 1.54) is 17.8 Å². The fourth-order valence-electron chi connectivity index (χ4n) is 3.21. The smallest absolute Gasteiger partial charge is 0.238 e. The molecule has 26 heavy (non-hydrogen) atoms. The summed E-state index contributed by atoms with van der Waals surface area (Å²) < 4.78 is 25.5. The van der Waals surface area contributed by atoms with Crippen LogP contribution in [0, 0.1) is 5.92 Å². The van der Waals surface area contributed by atoms with Gasteiger partial charge >= 0.3 is 0 Å². The van der Waals surface area contributed by atoms with Crippen LogP contribution in [0.15, 0.2) is 58.2 Å². The molecule has 2 heterocycles. The number of sulfone groups is 1. The van der Waals surface area contributed by atoms with Crippen LogP contribution in [0.4, 0.5) is 0 Å². The zero-order chi connectivity index (χ0) is 18.6. The summed E-state index contributed by atoms with van der Waals surface area (Å²) in [6.45, 7) is 1.22. The molecule has 1 aliphatic heterocycles. The minimum absolute atomic E-state index is 0.0620. The Bertz CT molecular complexity index is 846. The van der Waals surface area contributed by atoms with Crippen molar-refractivity contribution in [3.05, 3.63) is 58.7 Å². The van der Waals surface area contributed by atoms with Crippen LogP contribution in [-0.4, -0.2) is 43.1 Å². The Labute approximate surface area is 162 Å². The first-order valence-corrected chi connectivity index (χ1v) is 11.0. The van der Waals surface area contributed by atoms with Gasteiger partial charge in [0.1, 0.15) is 5.75 Å². The van der Waals surface area contributed by atoms with E-state index < -0.39 is 15.6 Å². The highest BCUT2D eigenvalue weighted by molar-refractivity contribution is 9.10. The summed E-state index contributed by atoms with van der Waals surface area (Å²) in [5, 5.41) is -0.0620. The number of piperidine rings is 1. The molecule has 7 heteroatoms. The number of nitrogens with zero attached hydrogens (tertiary/aromatic N) is 2. The third-order valence-electron chi connectivity index (χ3n) is 4.67. The number of pyridine rings is 1. The quantitative estimate of drug-likeness (QED) is 0.721. The predicted molar refractivity (Wildman–Crippen MR) is 103 cm³/mol. The van der Waals surface area contributed by atoms with Crippen molar-refractivity contribution in [3.8, 4) is 0 Å². The van der Waals surface area contributed by atoms with Gasteiger partial charge in [-0.2, -0.15) is 0 Å². The van der Waals surface area contributed by atoms with Gasteiger partial charge in [0.25, 0.3) is 0 Å². The standard InChI is InChI=1S/C19H21BrN2O3S/c20-17-6-7-18(21-13-17)26(24,25)14-19(23)22-10-8-16(9-11-22)12-15-4-2-1-3-5-15/h1-7,13,16H,8-12,14H2. The van der Waals surface area contributed by atoms with Crippen LogP contribution in [0.2, 0.25) is 0 Å². The molecule has 1 aromatic carbocycles. The first-order valence-electron chi connectivity index (χ1n) is 8.60. The average Bonchev–Trinajstić information content (AvgIpc) is 2.63. The Morgan fingerprint density at radius 3 is 2.42 bits per heavy atom. The van der Waals surface area contributed by atoms with Crippen molar-refractivity contribution in [1.82, 2.24) is 9.88 Å². The van der Waals surface area contributed by atoms with Crippen LogP contribution in [0.25, 0.3) is 0 Å². The molecule has 2 aromatic rings. The molecule has 1 amide bonds. The van der Waals surface area contributed by atoms with Gasteiger partial charge in [-0.1, -0.05) is 30.3 Å². The van der Waals surface area contributed by atoms with Crippen LogP contribution in [0.5, 0.6) is 0 Å². The molecule has 0 atom stereocenters. The Kier molecular flexibility index (Phi) is 6.09. The molecule has 0 radical (unpaired) electrons. The lowest BCUT2D eigenvalue weighted by molar-refractivity contribution is -0.129. The average molecular weight is 437 g/mol. The number of aromatic nitrogens is 1. The molecule has 5 nitrogen and oxygen atoms in total. The first kappa shape index (κ1) is 19.0. The van der Waals surface area contributed by atoms with Gasteiger partial charge in [0.05, 0.1) is 0 Å². The number of hydrogen-bond acceptors (Lipinski definition) is 4. The van der Waals surface area contributed by atoms with Crippen molar-refractivity contribution in [1.29, 1.82) is 0 Å². The number of rotatable bonds is 5. The SMILES string of the molecule is O=C(CS(=O)(=O)c1ccc(Br)cn1)N1CCC(Cc2ccccc2)CC1. The van der Waals surface area contributed by atoms with Gasteiger partial charge in [-0.25, -0.2) is 13.4 Å². The van der Waals surface area contributed by atoms with Crippen molar-refractivity contribution in [2.24, 2.45) is 5.92 Å². The van der Waals surface area contributed by atoms with Crippen LogP contribution < -0.4 is 0 Å². The fraction of sp³-hybridized carbons (Fsp3) is 0.368. The number of benzene rings is 1. The zero-order valence-electron chi connectivity index (χ0n) is 14.3. The highest BCUT2D eigenvalue weighted by Crippen LogP contribution is 2.22. The molecular weight excluding hydrogens is 416 g/mol. The van der Waals surface area contributed by atoms with Gasteiger partial charge in [0.15, 0.2) is 5.03 Å². The van der Waals surface area contributed by atoms with Crippen molar-refractivity contribution in [2.45, 2.75) is 24.3 Å². The maximum absolute atomic E-state index is 12.4. The van der Waals surface area contributed by atoms with E-state index in [0.717, 1.165) is 19.3 Å². The summed E-state index contributed by atoms with van der Waals surface area (Å²) in [4.78, 5) is 18.0. The summed E-state index contributed by atoms with van der Waals surface area (Å²) in [6, 6.07) is 13.3. The van der Waals surface area contributed by atoms with E-state index >= 15 is 0 Å². The van der Waals surface area contributed by atoms with Crippen molar-refractivity contribution in [3.63, 3.8) is 0 Å². The monoisotopic (exact) mass is 436 g/mol. The lowest BCUT2D eigenvalue weighted by atomic mass is 9.90. The zero-order valence-corrected chi connectivity index (χ0v) is 16.7. The minimum atomic E-state index is -3.71. The molecule has 3 rings (SSSR count). The summed E-state index contributed by atoms with van der Waals surface area (Å²) in [5.74, 6) is -0.329. The molecule has 0 spiro atoms. The molecule has 1 aliphatic rings. The van der Waals surface area contributed by atoms with Gasteiger partial charge in [0.2, 0.25) is 15.7 Å². The van der Waals surface area contributed by atoms with Crippen LogP contribution in [-0.2, 0) is 21.1 Å². The summed E-state index contributed by atoms with van der Waals surface area (Å²) in [7, 11) is -3.71. The van der Waals surface area contributed by atoms with Gasteiger partial charge in [-0.15, -0.1) is 0 Å². The maximum atomic E-state index is 12.4. The van der Waals surface area contributed by atoms with Gasteiger partial charge in [-0.3, -0.25) is 4.79 Å². The number of likely N-dealkylation sites (tertiary alicyclic amines) is 1. The van der Waals surface area contributed by atoms with Gasteiger partial charge in [0, 0.05) is 23.8 Å². The Balaban J connectivity index is 1.54. The Hall–Kier alpha value is -1.73. The van der Waals surface area contributed by atoms with E-state index in [-0.39, 0.29) is 10.9 Å². The topological polar surface area (TPSA) is 67.3 Å². The van der Waals surface area contributed by atoms with E-state index in [2.05, 4.69) is 33.0 Å². The highest BCUT2D eigenvalue weighted by atomic mass is 79.9. The highest BCUT2D eigenvalue weighted by Gasteiger charge is 2.27. The minimum Gasteiger partial charge on any atom is -0.342 e. The second kappa shape index (κ2) is 8.31. The number of carbonyl (C=O) groups is 1. The molecule has 0 N–H and O–H groups in total. The molecule has 138 valence electrons. The Morgan fingerprint density at radius 1 is 1.12 bits per heavy atom. The van der Waals surface area contributed by atoms with Gasteiger partial charge in [-0.05, 0) is 58.8 Å². The first-order chi connectivity index (χ1) is 12.4. The van der Waals surface area contributed by atoms with E-state index in [4.69, 9.17) is 0 Å². The van der Waals surface area contributed by atoms with E-state index in [1.807, 2.05) is 18.2 Å². The molecule has 0 aliphatic carbocycles. The van der Waals surface area contributed by atoms with E-state index in [1.54, 1.807) is 11.0 Å². The summed E-state index contributed by atoms with van der Waals surface area (Å²) in [5.41, 5.74) is 1.31. The number of halogens is 1. The molecule has 0 bridgehead atoms. The lowest BCUT2D eigenvalue weighted by Crippen LogP contribution is -2.41.